The van der Waals surface area contributed by atoms with Gasteiger partial charge in [-0.2, -0.15) is 0 Å². The lowest BCUT2D eigenvalue weighted by Gasteiger charge is -2.47. The number of halogens is 2. The summed E-state index contributed by atoms with van der Waals surface area (Å²) in [5.41, 5.74) is 0.0380. The van der Waals surface area contributed by atoms with Crippen LogP contribution in [-0.4, -0.2) is 42.8 Å². The summed E-state index contributed by atoms with van der Waals surface area (Å²) in [5, 5.41) is 61.0. The molecule has 0 bridgehead atoms. The molecule has 0 saturated heterocycles. The van der Waals surface area contributed by atoms with E-state index in [1.807, 2.05) is 0 Å². The van der Waals surface area contributed by atoms with Gasteiger partial charge in [-0.1, -0.05) is 31.9 Å². The van der Waals surface area contributed by atoms with Crippen LogP contribution in [0.5, 0.6) is 23.0 Å². The zero-order valence-corrected chi connectivity index (χ0v) is 15.2. The van der Waals surface area contributed by atoms with Crippen LogP contribution in [-0.2, 0) is 0 Å². The van der Waals surface area contributed by atoms with Crippen LogP contribution in [0.4, 0.5) is 0 Å². The average Bonchev–Trinajstić information content (AvgIpc) is 2.46. The maximum atomic E-state index is 10.5. The van der Waals surface area contributed by atoms with Crippen molar-refractivity contribution in [3.63, 3.8) is 0 Å². The molecule has 8 heteroatoms. The molecule has 6 N–H and O–H groups in total. The molecule has 0 heterocycles. The largest absolute Gasteiger partial charge is 0.507 e. The van der Waals surface area contributed by atoms with Crippen LogP contribution in [0.2, 0.25) is 0 Å². The molecule has 1 fully saturated rings. The van der Waals surface area contributed by atoms with Gasteiger partial charge in [0.05, 0.1) is 12.2 Å². The van der Waals surface area contributed by atoms with Crippen LogP contribution in [0.3, 0.4) is 0 Å². The zero-order valence-electron chi connectivity index (χ0n) is 12.1. The first-order chi connectivity index (χ1) is 11.2. The van der Waals surface area contributed by atoms with E-state index in [1.165, 1.54) is 24.3 Å². The summed E-state index contributed by atoms with van der Waals surface area (Å²) in [4.78, 5) is 0. The summed E-state index contributed by atoms with van der Waals surface area (Å²) < 4.78 is 0.897. The number of aromatic hydroxyl groups is 4. The number of aliphatic hydroxyl groups excluding tert-OH is 2. The molecule has 0 unspecified atom stereocenters. The van der Waals surface area contributed by atoms with Crippen molar-refractivity contribution < 1.29 is 30.6 Å². The quantitative estimate of drug-likeness (QED) is 0.409. The molecule has 2 aromatic carbocycles. The fraction of sp³-hybridized carbons (Fsp3) is 0.250. The fourth-order valence-corrected chi connectivity index (χ4v) is 4.12. The van der Waals surface area contributed by atoms with Gasteiger partial charge in [0.15, 0.2) is 0 Å². The molecule has 0 spiro atoms. The third-order valence-electron chi connectivity index (χ3n) is 4.34. The molecule has 3 rings (SSSR count). The highest BCUT2D eigenvalue weighted by molar-refractivity contribution is 9.10. The summed E-state index contributed by atoms with van der Waals surface area (Å²) >= 11 is 6.25. The Hall–Kier alpha value is -1.48. The Labute approximate surface area is 153 Å². The number of rotatable bonds is 2. The van der Waals surface area contributed by atoms with Crippen molar-refractivity contribution in [2.75, 3.05) is 0 Å². The maximum absolute atomic E-state index is 10.5. The van der Waals surface area contributed by atoms with Crippen molar-refractivity contribution in [3.05, 3.63) is 44.3 Å². The molecule has 24 heavy (non-hydrogen) atoms. The second-order valence-corrected chi connectivity index (χ2v) is 7.58. The van der Waals surface area contributed by atoms with Gasteiger partial charge in [0.2, 0.25) is 0 Å². The molecule has 128 valence electrons. The van der Waals surface area contributed by atoms with E-state index < -0.39 is 24.0 Å². The lowest BCUT2D eigenvalue weighted by atomic mass is 9.62. The van der Waals surface area contributed by atoms with Crippen LogP contribution in [0.25, 0.3) is 0 Å². The van der Waals surface area contributed by atoms with Crippen molar-refractivity contribution in [2.45, 2.75) is 24.0 Å². The van der Waals surface area contributed by atoms with Gasteiger partial charge in [-0.3, -0.25) is 0 Å². The number of benzene rings is 2. The van der Waals surface area contributed by atoms with Gasteiger partial charge in [0, 0.05) is 31.9 Å². The number of phenols is 4. The molecule has 6 nitrogen and oxygen atoms in total. The molecular formula is C16H14Br2O6. The Bertz CT molecular complexity index is 688. The van der Waals surface area contributed by atoms with E-state index in [0.717, 1.165) is 0 Å². The normalized spacial score (nSPS) is 26.2. The SMILES string of the molecule is Oc1cc(Br)cc(O)c1C1C(O)C(c2c(O)cc(Br)cc2O)C1O. The minimum Gasteiger partial charge on any atom is -0.507 e. The third kappa shape index (κ3) is 2.63. The molecule has 0 atom stereocenters. The molecule has 0 aliphatic heterocycles. The molecule has 0 amide bonds. The lowest BCUT2D eigenvalue weighted by molar-refractivity contribution is -0.0810. The first-order valence-electron chi connectivity index (χ1n) is 7.01. The van der Waals surface area contributed by atoms with Crippen molar-refractivity contribution in [2.24, 2.45) is 0 Å². The third-order valence-corrected chi connectivity index (χ3v) is 5.26. The molecular weight excluding hydrogens is 448 g/mol. The highest BCUT2D eigenvalue weighted by atomic mass is 79.9. The Balaban J connectivity index is 2.00. The molecule has 1 saturated carbocycles. The average molecular weight is 462 g/mol. The summed E-state index contributed by atoms with van der Waals surface area (Å²) in [5.74, 6) is -2.99. The Morgan fingerprint density at radius 1 is 0.583 bits per heavy atom. The predicted molar refractivity (Wildman–Crippen MR) is 92.4 cm³/mol. The van der Waals surface area contributed by atoms with Gasteiger partial charge >= 0.3 is 0 Å². The fourth-order valence-electron chi connectivity index (χ4n) is 3.25. The maximum Gasteiger partial charge on any atom is 0.124 e. The molecule has 2 aromatic rings. The van der Waals surface area contributed by atoms with Crippen LogP contribution < -0.4 is 0 Å². The Kier molecular flexibility index (Phi) is 4.41. The van der Waals surface area contributed by atoms with Crippen LogP contribution in [0.15, 0.2) is 33.2 Å². The minimum atomic E-state index is -1.21. The van der Waals surface area contributed by atoms with Gasteiger partial charge in [0.1, 0.15) is 23.0 Å². The number of hydrogen-bond donors (Lipinski definition) is 6. The summed E-state index contributed by atoms with van der Waals surface area (Å²) in [6, 6.07) is 5.37. The first kappa shape index (κ1) is 17.3. The van der Waals surface area contributed by atoms with Gasteiger partial charge in [-0.25, -0.2) is 0 Å². The van der Waals surface area contributed by atoms with Gasteiger partial charge < -0.3 is 30.6 Å². The van der Waals surface area contributed by atoms with E-state index >= 15 is 0 Å². The second kappa shape index (κ2) is 6.11. The monoisotopic (exact) mass is 460 g/mol. The predicted octanol–water partition coefficient (Wildman–Crippen LogP) is 2.64. The van der Waals surface area contributed by atoms with E-state index in [-0.39, 0.29) is 34.1 Å². The van der Waals surface area contributed by atoms with E-state index in [4.69, 9.17) is 0 Å². The van der Waals surface area contributed by atoms with Crippen molar-refractivity contribution in [1.29, 1.82) is 0 Å². The molecule has 0 radical (unpaired) electrons. The summed E-state index contributed by atoms with van der Waals surface area (Å²) in [6.45, 7) is 0. The van der Waals surface area contributed by atoms with Crippen LogP contribution in [0.1, 0.15) is 23.0 Å². The van der Waals surface area contributed by atoms with Crippen LogP contribution in [0, 0.1) is 0 Å². The minimum absolute atomic E-state index is 0.0190. The standard InChI is InChI=1S/C16H14Br2O6/c17-5-1-7(19)11(8(20)2-5)13-15(23)14(16(13)24)12-9(21)3-6(18)4-10(12)22/h1-4,13-16,19-24H. The first-order valence-corrected chi connectivity index (χ1v) is 8.59. The van der Waals surface area contributed by atoms with Crippen molar-refractivity contribution >= 4 is 31.9 Å². The highest BCUT2D eigenvalue weighted by Gasteiger charge is 2.53. The van der Waals surface area contributed by atoms with Gasteiger partial charge in [-0.05, 0) is 24.3 Å². The number of phenolic OH excluding ortho intramolecular Hbond substituents is 4. The summed E-state index contributed by atoms with van der Waals surface area (Å²) in [6.07, 6.45) is -2.42. The number of aliphatic hydroxyl groups is 2. The van der Waals surface area contributed by atoms with Gasteiger partial charge in [0.25, 0.3) is 0 Å². The van der Waals surface area contributed by atoms with E-state index in [9.17, 15) is 30.6 Å². The van der Waals surface area contributed by atoms with E-state index in [1.54, 1.807) is 0 Å². The second-order valence-electron chi connectivity index (χ2n) is 5.75. The van der Waals surface area contributed by atoms with E-state index in [0.29, 0.717) is 8.95 Å². The molecule has 1 aliphatic rings. The molecule has 0 aromatic heterocycles. The van der Waals surface area contributed by atoms with Crippen molar-refractivity contribution in [1.82, 2.24) is 0 Å². The zero-order chi connectivity index (χ0) is 17.8. The number of hydrogen-bond acceptors (Lipinski definition) is 6. The van der Waals surface area contributed by atoms with Crippen LogP contribution >= 0.6 is 31.9 Å². The Morgan fingerprint density at radius 2 is 0.833 bits per heavy atom. The smallest absolute Gasteiger partial charge is 0.124 e. The lowest BCUT2D eigenvalue weighted by Crippen LogP contribution is -2.51. The van der Waals surface area contributed by atoms with E-state index in [2.05, 4.69) is 31.9 Å². The highest BCUT2D eigenvalue weighted by Crippen LogP contribution is 2.56. The summed E-state index contributed by atoms with van der Waals surface area (Å²) in [7, 11) is 0. The molecule has 1 aliphatic carbocycles. The van der Waals surface area contributed by atoms with Crippen molar-refractivity contribution in [3.8, 4) is 23.0 Å². The topological polar surface area (TPSA) is 121 Å². The Morgan fingerprint density at radius 3 is 1.08 bits per heavy atom. The van der Waals surface area contributed by atoms with Gasteiger partial charge in [-0.15, -0.1) is 0 Å².